The molecule has 1 amide bonds. The Labute approximate surface area is 136 Å². The molecule has 120 valence electrons. The number of carbonyl (C=O) groups excluding carboxylic acids is 1. The maximum atomic E-state index is 12.0. The summed E-state index contributed by atoms with van der Waals surface area (Å²) in [6.45, 7) is 2.12. The van der Waals surface area contributed by atoms with Gasteiger partial charge in [0.2, 0.25) is 5.91 Å². The van der Waals surface area contributed by atoms with E-state index in [9.17, 15) is 4.79 Å². The van der Waals surface area contributed by atoms with Crippen molar-refractivity contribution in [1.82, 2.24) is 10.3 Å². The third kappa shape index (κ3) is 4.87. The maximum Gasteiger partial charge on any atom is 0.226 e. The Bertz CT molecular complexity index is 622. The summed E-state index contributed by atoms with van der Waals surface area (Å²) in [5.74, 6) is 0.00915. The molecule has 2 N–H and O–H groups in total. The number of amides is 1. The number of pyridine rings is 1. The number of benzene rings is 1. The van der Waals surface area contributed by atoms with E-state index in [1.807, 2.05) is 36.4 Å². The Morgan fingerprint density at radius 3 is 2.61 bits per heavy atom. The molecule has 2 aromatic rings. The molecule has 5 nitrogen and oxygen atoms in total. The smallest absolute Gasteiger partial charge is 0.226 e. The molecular weight excluding hydrogens is 290 g/mol. The Hall–Kier alpha value is -2.24. The minimum atomic E-state index is 0.00915. The van der Waals surface area contributed by atoms with Crippen molar-refractivity contribution in [2.24, 2.45) is 0 Å². The Balaban J connectivity index is 1.51. The van der Waals surface area contributed by atoms with Gasteiger partial charge in [-0.15, -0.1) is 0 Å². The number of carbonyl (C=O) groups is 1. The van der Waals surface area contributed by atoms with Gasteiger partial charge in [0.15, 0.2) is 0 Å². The molecular formula is C18H21N3O2. The van der Waals surface area contributed by atoms with Crippen LogP contribution in [0.15, 0.2) is 48.8 Å². The van der Waals surface area contributed by atoms with Crippen LogP contribution in [0.3, 0.4) is 0 Å². The number of hydrogen-bond donors (Lipinski definition) is 2. The maximum absolute atomic E-state index is 12.0. The predicted octanol–water partition coefficient (Wildman–Crippen LogP) is 1.99. The normalized spacial score (nSPS) is 17.7. The van der Waals surface area contributed by atoms with Gasteiger partial charge in [-0.05, 0) is 41.8 Å². The highest BCUT2D eigenvalue weighted by Gasteiger charge is 2.16. The highest BCUT2D eigenvalue weighted by atomic mass is 16.5. The third-order valence-electron chi connectivity index (χ3n) is 3.83. The van der Waals surface area contributed by atoms with Crippen LogP contribution in [0.2, 0.25) is 0 Å². The number of morpholine rings is 1. The first kappa shape index (κ1) is 15.6. The number of nitrogens with one attached hydrogen (secondary N) is 2. The second-order valence-corrected chi connectivity index (χ2v) is 5.71. The second-order valence-electron chi connectivity index (χ2n) is 5.71. The molecule has 5 heteroatoms. The van der Waals surface area contributed by atoms with E-state index in [-0.39, 0.29) is 11.9 Å². The molecule has 0 saturated carbocycles. The molecule has 1 saturated heterocycles. The Morgan fingerprint density at radius 2 is 1.91 bits per heavy atom. The SMILES string of the molecule is O=C(CC1COCCN1)Nc1ccc(Cc2ccncc2)cc1. The molecule has 1 fully saturated rings. The summed E-state index contributed by atoms with van der Waals surface area (Å²) < 4.78 is 5.36. The fourth-order valence-electron chi connectivity index (χ4n) is 2.63. The minimum Gasteiger partial charge on any atom is -0.378 e. The summed E-state index contributed by atoms with van der Waals surface area (Å²) >= 11 is 0. The van der Waals surface area contributed by atoms with Gasteiger partial charge in [-0.2, -0.15) is 0 Å². The number of anilines is 1. The Morgan fingerprint density at radius 1 is 1.17 bits per heavy atom. The van der Waals surface area contributed by atoms with E-state index in [0.29, 0.717) is 13.0 Å². The van der Waals surface area contributed by atoms with E-state index in [0.717, 1.165) is 25.3 Å². The van der Waals surface area contributed by atoms with Gasteiger partial charge >= 0.3 is 0 Å². The first-order valence-electron chi connectivity index (χ1n) is 7.88. The van der Waals surface area contributed by atoms with Crippen molar-refractivity contribution in [1.29, 1.82) is 0 Å². The van der Waals surface area contributed by atoms with Crippen LogP contribution in [-0.4, -0.2) is 36.7 Å². The van der Waals surface area contributed by atoms with Crippen molar-refractivity contribution in [3.63, 3.8) is 0 Å². The predicted molar refractivity (Wildman–Crippen MR) is 89.3 cm³/mol. The molecule has 1 aromatic heterocycles. The van der Waals surface area contributed by atoms with Crippen molar-refractivity contribution in [3.8, 4) is 0 Å². The van der Waals surface area contributed by atoms with Crippen molar-refractivity contribution < 1.29 is 9.53 Å². The van der Waals surface area contributed by atoms with Gasteiger partial charge in [0.25, 0.3) is 0 Å². The zero-order chi connectivity index (χ0) is 15.9. The van der Waals surface area contributed by atoms with Crippen molar-refractivity contribution in [3.05, 3.63) is 59.9 Å². The first-order chi connectivity index (χ1) is 11.3. The van der Waals surface area contributed by atoms with Crippen LogP contribution < -0.4 is 10.6 Å². The van der Waals surface area contributed by atoms with E-state index in [2.05, 4.69) is 15.6 Å². The third-order valence-corrected chi connectivity index (χ3v) is 3.83. The molecule has 1 aromatic carbocycles. The minimum absolute atomic E-state index is 0.00915. The highest BCUT2D eigenvalue weighted by molar-refractivity contribution is 5.91. The number of ether oxygens (including phenoxy) is 1. The van der Waals surface area contributed by atoms with Crippen LogP contribution >= 0.6 is 0 Å². The van der Waals surface area contributed by atoms with Crippen LogP contribution in [0, 0.1) is 0 Å². The molecule has 23 heavy (non-hydrogen) atoms. The molecule has 1 aliphatic rings. The summed E-state index contributed by atoms with van der Waals surface area (Å²) in [5, 5.41) is 6.22. The van der Waals surface area contributed by atoms with Crippen molar-refractivity contribution >= 4 is 11.6 Å². The lowest BCUT2D eigenvalue weighted by molar-refractivity contribution is -0.117. The average molecular weight is 311 g/mol. The van der Waals surface area contributed by atoms with Gasteiger partial charge in [-0.1, -0.05) is 12.1 Å². The number of aromatic nitrogens is 1. The van der Waals surface area contributed by atoms with Crippen molar-refractivity contribution in [2.75, 3.05) is 25.1 Å². The monoisotopic (exact) mass is 311 g/mol. The lowest BCUT2D eigenvalue weighted by atomic mass is 10.1. The zero-order valence-corrected chi connectivity index (χ0v) is 13.0. The van der Waals surface area contributed by atoms with Crippen LogP contribution in [0.1, 0.15) is 17.5 Å². The second kappa shape index (κ2) is 7.85. The molecule has 1 unspecified atom stereocenters. The lowest BCUT2D eigenvalue weighted by Crippen LogP contribution is -2.43. The molecule has 1 aliphatic heterocycles. The number of hydrogen-bond acceptors (Lipinski definition) is 4. The van der Waals surface area contributed by atoms with Gasteiger partial charge in [-0.25, -0.2) is 0 Å². The molecule has 1 atom stereocenters. The summed E-state index contributed by atoms with van der Waals surface area (Å²) in [4.78, 5) is 16.1. The van der Waals surface area contributed by atoms with Crippen LogP contribution in [0.25, 0.3) is 0 Å². The van der Waals surface area contributed by atoms with E-state index in [4.69, 9.17) is 4.74 Å². The van der Waals surface area contributed by atoms with Gasteiger partial charge in [0.1, 0.15) is 0 Å². The zero-order valence-electron chi connectivity index (χ0n) is 13.0. The van der Waals surface area contributed by atoms with Crippen LogP contribution in [-0.2, 0) is 16.0 Å². The quantitative estimate of drug-likeness (QED) is 0.886. The summed E-state index contributed by atoms with van der Waals surface area (Å²) in [6, 6.07) is 12.1. The largest absolute Gasteiger partial charge is 0.378 e. The summed E-state index contributed by atoms with van der Waals surface area (Å²) in [7, 11) is 0. The molecule has 0 radical (unpaired) electrons. The van der Waals surface area contributed by atoms with Gasteiger partial charge in [0.05, 0.1) is 13.2 Å². The average Bonchev–Trinajstić information content (AvgIpc) is 2.58. The molecule has 2 heterocycles. The van der Waals surface area contributed by atoms with Crippen LogP contribution in [0.5, 0.6) is 0 Å². The number of rotatable bonds is 5. The molecule has 0 aliphatic carbocycles. The Kier molecular flexibility index (Phi) is 5.34. The number of nitrogens with zero attached hydrogens (tertiary/aromatic N) is 1. The molecule has 0 bridgehead atoms. The van der Waals surface area contributed by atoms with E-state index < -0.39 is 0 Å². The lowest BCUT2D eigenvalue weighted by Gasteiger charge is -2.23. The molecule has 0 spiro atoms. The topological polar surface area (TPSA) is 63.2 Å². The van der Waals surface area contributed by atoms with Crippen molar-refractivity contribution in [2.45, 2.75) is 18.9 Å². The van der Waals surface area contributed by atoms with E-state index in [1.165, 1.54) is 11.1 Å². The first-order valence-corrected chi connectivity index (χ1v) is 7.88. The fraction of sp³-hybridized carbons (Fsp3) is 0.333. The highest BCUT2D eigenvalue weighted by Crippen LogP contribution is 2.14. The van der Waals surface area contributed by atoms with Crippen LogP contribution in [0.4, 0.5) is 5.69 Å². The van der Waals surface area contributed by atoms with E-state index >= 15 is 0 Å². The van der Waals surface area contributed by atoms with Gasteiger partial charge < -0.3 is 15.4 Å². The summed E-state index contributed by atoms with van der Waals surface area (Å²) in [6.07, 6.45) is 4.89. The van der Waals surface area contributed by atoms with E-state index in [1.54, 1.807) is 12.4 Å². The van der Waals surface area contributed by atoms with Gasteiger partial charge in [0, 0.05) is 37.1 Å². The van der Waals surface area contributed by atoms with Gasteiger partial charge in [-0.3, -0.25) is 9.78 Å². The molecule has 3 rings (SSSR count). The standard InChI is InChI=1S/C18H21N3O2/c22-18(12-17-13-23-10-9-20-17)21-16-3-1-14(2-4-16)11-15-5-7-19-8-6-15/h1-8,17,20H,9-13H2,(H,21,22). The fourth-order valence-corrected chi connectivity index (χ4v) is 2.63. The summed E-state index contributed by atoms with van der Waals surface area (Å²) in [5.41, 5.74) is 3.25.